The van der Waals surface area contributed by atoms with Crippen molar-refractivity contribution in [2.75, 3.05) is 0 Å². The molecule has 0 atom stereocenters. The molecule has 1 aromatic heterocycles. The third kappa shape index (κ3) is 2.77. The first kappa shape index (κ1) is 14.4. The van der Waals surface area contributed by atoms with Crippen molar-refractivity contribution in [2.45, 2.75) is 34.1 Å². The van der Waals surface area contributed by atoms with Crippen molar-refractivity contribution in [2.24, 2.45) is 0 Å². The van der Waals surface area contributed by atoms with Crippen molar-refractivity contribution >= 4 is 10.9 Å². The standard InChI is InChI=1S/C17H17N.C2H6/c1-3-14-5-7-16(8-6-14)18-11-10-15-12-13(2)4-9-17(15)18;1-2/h4-12H,3H2,1-2H3;1-2H3. The maximum Gasteiger partial charge on any atom is 0.0528 e. The highest BCUT2D eigenvalue weighted by Crippen LogP contribution is 2.21. The van der Waals surface area contributed by atoms with Gasteiger partial charge in [-0.2, -0.15) is 0 Å². The van der Waals surface area contributed by atoms with E-state index in [0.29, 0.717) is 0 Å². The van der Waals surface area contributed by atoms with E-state index in [4.69, 9.17) is 0 Å². The molecule has 3 rings (SSSR count). The zero-order valence-electron chi connectivity index (χ0n) is 12.9. The van der Waals surface area contributed by atoms with Gasteiger partial charge >= 0.3 is 0 Å². The molecule has 104 valence electrons. The highest BCUT2D eigenvalue weighted by molar-refractivity contribution is 5.82. The van der Waals surface area contributed by atoms with Gasteiger partial charge in [0.1, 0.15) is 0 Å². The van der Waals surface area contributed by atoms with Crippen LogP contribution in [0.4, 0.5) is 0 Å². The number of benzene rings is 2. The molecule has 0 unspecified atom stereocenters. The van der Waals surface area contributed by atoms with Crippen LogP contribution < -0.4 is 0 Å². The lowest BCUT2D eigenvalue weighted by molar-refractivity contribution is 1.10. The smallest absolute Gasteiger partial charge is 0.0528 e. The molecular weight excluding hydrogens is 242 g/mol. The van der Waals surface area contributed by atoms with Gasteiger partial charge in [0.05, 0.1) is 5.52 Å². The summed E-state index contributed by atoms with van der Waals surface area (Å²) >= 11 is 0. The Balaban J connectivity index is 0.000000704. The summed E-state index contributed by atoms with van der Waals surface area (Å²) in [5, 5.41) is 1.30. The van der Waals surface area contributed by atoms with Crippen molar-refractivity contribution < 1.29 is 0 Å². The summed E-state index contributed by atoms with van der Waals surface area (Å²) in [4.78, 5) is 0. The van der Waals surface area contributed by atoms with E-state index in [2.05, 4.69) is 73.1 Å². The predicted molar refractivity (Wildman–Crippen MR) is 88.7 cm³/mol. The Morgan fingerprint density at radius 2 is 1.60 bits per heavy atom. The minimum absolute atomic E-state index is 1.09. The van der Waals surface area contributed by atoms with Crippen LogP contribution in [0, 0.1) is 6.92 Å². The first-order valence-electron chi connectivity index (χ1n) is 7.45. The number of aromatic nitrogens is 1. The van der Waals surface area contributed by atoms with Crippen LogP contribution in [0.25, 0.3) is 16.6 Å². The third-order valence-corrected chi connectivity index (χ3v) is 3.47. The van der Waals surface area contributed by atoms with Crippen LogP contribution in [0.15, 0.2) is 54.7 Å². The number of aryl methyl sites for hydroxylation is 2. The molecule has 0 fully saturated rings. The molecule has 3 aromatic rings. The van der Waals surface area contributed by atoms with E-state index in [-0.39, 0.29) is 0 Å². The fourth-order valence-corrected chi connectivity index (χ4v) is 2.38. The molecule has 1 heteroatoms. The maximum absolute atomic E-state index is 2.24. The largest absolute Gasteiger partial charge is 0.317 e. The molecule has 2 aromatic carbocycles. The Kier molecular flexibility index (Phi) is 4.62. The SMILES string of the molecule is CC.CCc1ccc(-n2ccc3cc(C)ccc32)cc1. The molecule has 0 aliphatic carbocycles. The summed E-state index contributed by atoms with van der Waals surface area (Å²) in [6.07, 6.45) is 3.23. The van der Waals surface area contributed by atoms with Crippen LogP contribution >= 0.6 is 0 Å². The molecule has 0 amide bonds. The lowest BCUT2D eigenvalue weighted by atomic mass is 10.1. The van der Waals surface area contributed by atoms with E-state index in [1.165, 1.54) is 27.7 Å². The molecule has 0 aliphatic rings. The summed E-state index contributed by atoms with van der Waals surface area (Å²) in [5.41, 5.74) is 5.18. The van der Waals surface area contributed by atoms with Gasteiger partial charge in [-0.3, -0.25) is 0 Å². The number of hydrogen-bond acceptors (Lipinski definition) is 0. The van der Waals surface area contributed by atoms with Gasteiger partial charge in [0, 0.05) is 17.3 Å². The average Bonchev–Trinajstić information content (AvgIpc) is 2.92. The molecule has 0 bridgehead atoms. The van der Waals surface area contributed by atoms with E-state index in [9.17, 15) is 0 Å². The maximum atomic E-state index is 2.24. The lowest BCUT2D eigenvalue weighted by Crippen LogP contribution is -1.92. The Hall–Kier alpha value is -2.02. The van der Waals surface area contributed by atoms with E-state index in [0.717, 1.165) is 6.42 Å². The Labute approximate surface area is 121 Å². The fraction of sp³-hybridized carbons (Fsp3) is 0.263. The monoisotopic (exact) mass is 265 g/mol. The van der Waals surface area contributed by atoms with Crippen LogP contribution in [-0.2, 0) is 6.42 Å². The molecule has 1 heterocycles. The van der Waals surface area contributed by atoms with E-state index < -0.39 is 0 Å². The van der Waals surface area contributed by atoms with Gasteiger partial charge in [-0.25, -0.2) is 0 Å². The van der Waals surface area contributed by atoms with E-state index in [1.807, 2.05) is 13.8 Å². The molecule has 0 N–H and O–H groups in total. The molecular formula is C19H23N. The van der Waals surface area contributed by atoms with E-state index >= 15 is 0 Å². The van der Waals surface area contributed by atoms with Crippen molar-refractivity contribution in [1.29, 1.82) is 0 Å². The van der Waals surface area contributed by atoms with Gasteiger partial charge in [0.15, 0.2) is 0 Å². The second-order valence-electron chi connectivity index (χ2n) is 4.77. The van der Waals surface area contributed by atoms with Gasteiger partial charge in [0.2, 0.25) is 0 Å². The highest BCUT2D eigenvalue weighted by Gasteiger charge is 2.02. The van der Waals surface area contributed by atoms with Crippen LogP contribution in [0.2, 0.25) is 0 Å². The van der Waals surface area contributed by atoms with Gasteiger partial charge in [-0.05, 0) is 49.2 Å². The second kappa shape index (κ2) is 6.42. The summed E-state index contributed by atoms with van der Waals surface area (Å²) in [5.74, 6) is 0. The Morgan fingerprint density at radius 3 is 2.25 bits per heavy atom. The summed E-state index contributed by atoms with van der Waals surface area (Å²) in [6.45, 7) is 8.32. The van der Waals surface area contributed by atoms with Crippen molar-refractivity contribution in [3.63, 3.8) is 0 Å². The average molecular weight is 265 g/mol. The molecule has 20 heavy (non-hydrogen) atoms. The minimum atomic E-state index is 1.09. The summed E-state index contributed by atoms with van der Waals surface area (Å²) < 4.78 is 2.24. The van der Waals surface area contributed by atoms with Crippen LogP contribution in [0.3, 0.4) is 0 Å². The van der Waals surface area contributed by atoms with Crippen LogP contribution in [0.5, 0.6) is 0 Å². The summed E-state index contributed by atoms with van der Waals surface area (Å²) in [6, 6.07) is 17.6. The van der Waals surface area contributed by atoms with Crippen molar-refractivity contribution in [1.82, 2.24) is 4.57 Å². The normalized spacial score (nSPS) is 10.2. The van der Waals surface area contributed by atoms with Crippen molar-refractivity contribution in [3.05, 3.63) is 65.9 Å². The van der Waals surface area contributed by atoms with Gasteiger partial charge in [0.25, 0.3) is 0 Å². The first-order chi connectivity index (χ1) is 9.78. The van der Waals surface area contributed by atoms with Gasteiger partial charge in [-0.1, -0.05) is 44.5 Å². The van der Waals surface area contributed by atoms with E-state index in [1.54, 1.807) is 0 Å². The Bertz CT molecular complexity index is 675. The number of fused-ring (bicyclic) bond motifs is 1. The predicted octanol–water partition coefficient (Wildman–Crippen LogP) is 5.53. The lowest BCUT2D eigenvalue weighted by Gasteiger charge is -2.06. The molecule has 0 aliphatic heterocycles. The molecule has 0 saturated heterocycles. The Morgan fingerprint density at radius 1 is 0.900 bits per heavy atom. The van der Waals surface area contributed by atoms with Gasteiger partial charge < -0.3 is 4.57 Å². The third-order valence-electron chi connectivity index (χ3n) is 3.47. The summed E-state index contributed by atoms with van der Waals surface area (Å²) in [7, 11) is 0. The fourth-order valence-electron chi connectivity index (χ4n) is 2.38. The number of nitrogens with zero attached hydrogens (tertiary/aromatic N) is 1. The number of hydrogen-bond donors (Lipinski definition) is 0. The zero-order valence-corrected chi connectivity index (χ0v) is 12.9. The quantitative estimate of drug-likeness (QED) is 0.574. The highest BCUT2D eigenvalue weighted by atomic mass is 15.0. The zero-order chi connectivity index (χ0) is 14.5. The number of rotatable bonds is 2. The molecule has 0 saturated carbocycles. The van der Waals surface area contributed by atoms with Crippen LogP contribution in [0.1, 0.15) is 31.9 Å². The molecule has 0 radical (unpaired) electrons. The first-order valence-corrected chi connectivity index (χ1v) is 7.45. The molecule has 0 spiro atoms. The van der Waals surface area contributed by atoms with Crippen molar-refractivity contribution in [3.8, 4) is 5.69 Å². The second-order valence-corrected chi connectivity index (χ2v) is 4.77. The topological polar surface area (TPSA) is 4.93 Å². The molecule has 1 nitrogen and oxygen atoms in total. The van der Waals surface area contributed by atoms with Crippen LogP contribution in [-0.4, -0.2) is 4.57 Å². The van der Waals surface area contributed by atoms with Gasteiger partial charge in [-0.15, -0.1) is 0 Å². The minimum Gasteiger partial charge on any atom is -0.317 e.